The highest BCUT2D eigenvalue weighted by Gasteiger charge is 2.13. The fourth-order valence-corrected chi connectivity index (χ4v) is 2.41. The van der Waals surface area contributed by atoms with Gasteiger partial charge in [0.25, 0.3) is 0 Å². The first-order valence-electron chi connectivity index (χ1n) is 8.18. The highest BCUT2D eigenvalue weighted by molar-refractivity contribution is 5.95. The number of para-hydroxylation sites is 1. The van der Waals surface area contributed by atoms with Gasteiger partial charge in [-0.2, -0.15) is 4.98 Å². The van der Waals surface area contributed by atoms with Crippen LogP contribution in [0.1, 0.15) is 23.2 Å². The SMILES string of the molecule is CCOc1ccc(-c2noc(CNc3ccccc3C(=O)OC)n2)cc1. The van der Waals surface area contributed by atoms with Crippen molar-refractivity contribution in [3.05, 3.63) is 60.0 Å². The van der Waals surface area contributed by atoms with Gasteiger partial charge in [-0.3, -0.25) is 0 Å². The molecule has 1 heterocycles. The van der Waals surface area contributed by atoms with E-state index in [4.69, 9.17) is 14.0 Å². The number of benzene rings is 2. The molecule has 0 bridgehead atoms. The second-order valence-electron chi connectivity index (χ2n) is 5.36. The first kappa shape index (κ1) is 17.5. The van der Waals surface area contributed by atoms with Crippen molar-refractivity contribution in [1.29, 1.82) is 0 Å². The lowest BCUT2D eigenvalue weighted by molar-refractivity contribution is 0.0602. The molecule has 7 heteroatoms. The summed E-state index contributed by atoms with van der Waals surface area (Å²) in [7, 11) is 1.35. The molecule has 7 nitrogen and oxygen atoms in total. The van der Waals surface area contributed by atoms with E-state index in [2.05, 4.69) is 15.5 Å². The van der Waals surface area contributed by atoms with E-state index in [0.717, 1.165) is 11.3 Å². The number of ether oxygens (including phenoxy) is 2. The molecule has 0 spiro atoms. The number of esters is 1. The van der Waals surface area contributed by atoms with Crippen LogP contribution in [0.3, 0.4) is 0 Å². The molecule has 0 fully saturated rings. The average Bonchev–Trinajstić information content (AvgIpc) is 3.16. The van der Waals surface area contributed by atoms with Crippen molar-refractivity contribution in [3.63, 3.8) is 0 Å². The normalized spacial score (nSPS) is 10.4. The Balaban J connectivity index is 1.69. The Morgan fingerprint density at radius 3 is 2.65 bits per heavy atom. The fraction of sp³-hybridized carbons (Fsp3) is 0.211. The molecular formula is C19H19N3O4. The Labute approximate surface area is 150 Å². The number of hydrogen-bond donors (Lipinski definition) is 1. The summed E-state index contributed by atoms with van der Waals surface area (Å²) in [5, 5.41) is 7.11. The van der Waals surface area contributed by atoms with Crippen LogP contribution in [0.15, 0.2) is 53.1 Å². The van der Waals surface area contributed by atoms with Crippen molar-refractivity contribution in [2.24, 2.45) is 0 Å². The lowest BCUT2D eigenvalue weighted by atomic mass is 10.2. The minimum atomic E-state index is -0.409. The molecule has 1 N–H and O–H groups in total. The maximum Gasteiger partial charge on any atom is 0.339 e. The number of rotatable bonds is 7. The largest absolute Gasteiger partial charge is 0.494 e. The molecule has 26 heavy (non-hydrogen) atoms. The van der Waals surface area contributed by atoms with Gasteiger partial charge in [-0.05, 0) is 43.3 Å². The zero-order valence-corrected chi connectivity index (χ0v) is 14.6. The van der Waals surface area contributed by atoms with Gasteiger partial charge in [0.2, 0.25) is 11.7 Å². The topological polar surface area (TPSA) is 86.5 Å². The Morgan fingerprint density at radius 1 is 1.15 bits per heavy atom. The average molecular weight is 353 g/mol. The maximum absolute atomic E-state index is 11.8. The van der Waals surface area contributed by atoms with Crippen LogP contribution in [-0.2, 0) is 11.3 Å². The Bertz CT molecular complexity index is 875. The molecule has 0 saturated carbocycles. The summed E-state index contributed by atoms with van der Waals surface area (Å²) >= 11 is 0. The molecule has 2 aromatic carbocycles. The quantitative estimate of drug-likeness (QED) is 0.650. The number of methoxy groups -OCH3 is 1. The van der Waals surface area contributed by atoms with Crippen LogP contribution in [0.25, 0.3) is 11.4 Å². The van der Waals surface area contributed by atoms with Gasteiger partial charge in [0.05, 0.1) is 25.8 Å². The fourth-order valence-electron chi connectivity index (χ4n) is 2.41. The van der Waals surface area contributed by atoms with Crippen LogP contribution in [0, 0.1) is 0 Å². The number of nitrogens with one attached hydrogen (secondary N) is 1. The summed E-state index contributed by atoms with van der Waals surface area (Å²) in [6.07, 6.45) is 0. The lowest BCUT2D eigenvalue weighted by Crippen LogP contribution is -2.08. The number of carbonyl (C=O) groups is 1. The van der Waals surface area contributed by atoms with Crippen LogP contribution in [0.2, 0.25) is 0 Å². The molecule has 0 aliphatic carbocycles. The smallest absolute Gasteiger partial charge is 0.339 e. The summed E-state index contributed by atoms with van der Waals surface area (Å²) in [6.45, 7) is 2.84. The van der Waals surface area contributed by atoms with Gasteiger partial charge in [-0.25, -0.2) is 4.79 Å². The van der Waals surface area contributed by atoms with Crippen LogP contribution in [0.5, 0.6) is 5.75 Å². The van der Waals surface area contributed by atoms with Crippen molar-refractivity contribution < 1.29 is 18.8 Å². The molecule has 0 aliphatic rings. The molecule has 0 amide bonds. The van der Waals surface area contributed by atoms with Crippen molar-refractivity contribution in [1.82, 2.24) is 10.1 Å². The number of nitrogens with zero attached hydrogens (tertiary/aromatic N) is 2. The Kier molecular flexibility index (Phi) is 5.48. The molecule has 0 atom stereocenters. The van der Waals surface area contributed by atoms with E-state index < -0.39 is 5.97 Å². The van der Waals surface area contributed by atoms with Crippen LogP contribution in [-0.4, -0.2) is 29.8 Å². The highest BCUT2D eigenvalue weighted by atomic mass is 16.5. The standard InChI is InChI=1S/C19H19N3O4/c1-3-25-14-10-8-13(9-11-14)18-21-17(26-22-18)12-20-16-7-5-4-6-15(16)19(23)24-2/h4-11,20H,3,12H2,1-2H3. The van der Waals surface area contributed by atoms with Crippen LogP contribution < -0.4 is 10.1 Å². The van der Waals surface area contributed by atoms with Gasteiger partial charge in [0.1, 0.15) is 5.75 Å². The summed E-state index contributed by atoms with van der Waals surface area (Å²) in [4.78, 5) is 16.2. The molecule has 3 aromatic rings. The number of hydrogen-bond acceptors (Lipinski definition) is 7. The highest BCUT2D eigenvalue weighted by Crippen LogP contribution is 2.21. The maximum atomic E-state index is 11.8. The molecular weight excluding hydrogens is 334 g/mol. The molecule has 1 aromatic heterocycles. The van der Waals surface area contributed by atoms with Crippen LogP contribution in [0.4, 0.5) is 5.69 Å². The first-order chi connectivity index (χ1) is 12.7. The van der Waals surface area contributed by atoms with E-state index in [1.54, 1.807) is 18.2 Å². The zero-order chi connectivity index (χ0) is 18.4. The number of carbonyl (C=O) groups excluding carboxylic acids is 1. The first-order valence-corrected chi connectivity index (χ1v) is 8.18. The minimum Gasteiger partial charge on any atom is -0.494 e. The third kappa shape index (κ3) is 4.00. The third-order valence-electron chi connectivity index (χ3n) is 3.65. The van der Waals surface area contributed by atoms with E-state index in [-0.39, 0.29) is 6.54 Å². The Morgan fingerprint density at radius 2 is 1.92 bits per heavy atom. The van der Waals surface area contributed by atoms with Gasteiger partial charge < -0.3 is 19.3 Å². The molecule has 0 aliphatic heterocycles. The van der Waals surface area contributed by atoms with E-state index >= 15 is 0 Å². The second-order valence-corrected chi connectivity index (χ2v) is 5.36. The third-order valence-corrected chi connectivity index (χ3v) is 3.65. The van der Waals surface area contributed by atoms with Gasteiger partial charge in [-0.15, -0.1) is 0 Å². The Hall–Kier alpha value is -3.35. The van der Waals surface area contributed by atoms with Crippen molar-refractivity contribution in [3.8, 4) is 17.1 Å². The number of anilines is 1. The molecule has 134 valence electrons. The van der Waals surface area contributed by atoms with E-state index in [0.29, 0.717) is 29.6 Å². The molecule has 0 unspecified atom stereocenters. The van der Waals surface area contributed by atoms with Crippen molar-refractivity contribution in [2.75, 3.05) is 19.0 Å². The summed E-state index contributed by atoms with van der Waals surface area (Å²) in [5.41, 5.74) is 1.92. The summed E-state index contributed by atoms with van der Waals surface area (Å²) < 4.78 is 15.5. The van der Waals surface area contributed by atoms with E-state index in [9.17, 15) is 4.79 Å². The van der Waals surface area contributed by atoms with E-state index in [1.807, 2.05) is 37.3 Å². The predicted octanol–water partition coefficient (Wildman–Crippen LogP) is 3.53. The minimum absolute atomic E-state index is 0.290. The molecule has 0 saturated heterocycles. The van der Waals surface area contributed by atoms with Crippen molar-refractivity contribution in [2.45, 2.75) is 13.5 Å². The summed E-state index contributed by atoms with van der Waals surface area (Å²) in [5.74, 6) is 1.29. The predicted molar refractivity (Wildman–Crippen MR) is 96.0 cm³/mol. The second kappa shape index (κ2) is 8.15. The van der Waals surface area contributed by atoms with E-state index in [1.165, 1.54) is 7.11 Å². The van der Waals surface area contributed by atoms with Gasteiger partial charge in [0.15, 0.2) is 0 Å². The molecule has 0 radical (unpaired) electrons. The number of aromatic nitrogens is 2. The lowest BCUT2D eigenvalue weighted by Gasteiger charge is -2.08. The zero-order valence-electron chi connectivity index (χ0n) is 14.6. The molecule has 3 rings (SSSR count). The van der Waals surface area contributed by atoms with Crippen molar-refractivity contribution >= 4 is 11.7 Å². The monoisotopic (exact) mass is 353 g/mol. The summed E-state index contributed by atoms with van der Waals surface area (Å²) in [6, 6.07) is 14.5. The van der Waals surface area contributed by atoms with Crippen LogP contribution >= 0.6 is 0 Å². The van der Waals surface area contributed by atoms with Gasteiger partial charge >= 0.3 is 5.97 Å². The van der Waals surface area contributed by atoms with Gasteiger partial charge in [-0.1, -0.05) is 17.3 Å². The van der Waals surface area contributed by atoms with Gasteiger partial charge in [0, 0.05) is 11.3 Å².